The van der Waals surface area contributed by atoms with E-state index < -0.39 is 0 Å². The van der Waals surface area contributed by atoms with Gasteiger partial charge in [-0.2, -0.15) is 0 Å². The molecule has 0 aliphatic carbocycles. The third-order valence-corrected chi connectivity index (χ3v) is 6.29. The average Bonchev–Trinajstić information content (AvgIpc) is 2.85. The number of hydrogen-bond acceptors (Lipinski definition) is 5. The number of nitrogens with one attached hydrogen (secondary N) is 1. The fourth-order valence-electron chi connectivity index (χ4n) is 4.52. The van der Waals surface area contributed by atoms with Crippen molar-refractivity contribution in [3.05, 3.63) is 48.5 Å². The van der Waals surface area contributed by atoms with E-state index in [1.807, 2.05) is 17.0 Å². The van der Waals surface area contributed by atoms with E-state index in [1.165, 1.54) is 5.69 Å². The first kappa shape index (κ1) is 21.3. The van der Waals surface area contributed by atoms with Gasteiger partial charge in [-0.05, 0) is 37.1 Å². The predicted molar refractivity (Wildman–Crippen MR) is 123 cm³/mol. The van der Waals surface area contributed by atoms with Crippen molar-refractivity contribution >= 4 is 17.4 Å². The maximum Gasteiger partial charge on any atom is 0.322 e. The molecule has 1 N–H and O–H groups in total. The summed E-state index contributed by atoms with van der Waals surface area (Å²) in [5.74, 6) is 1.29. The van der Waals surface area contributed by atoms with E-state index in [1.54, 1.807) is 20.3 Å². The van der Waals surface area contributed by atoms with Crippen molar-refractivity contribution in [3.8, 4) is 11.5 Å². The molecule has 2 fully saturated rings. The molecule has 2 aliphatic heterocycles. The number of piperidine rings is 1. The fraction of sp³-hybridized carbons (Fsp3) is 0.458. The first-order valence-electron chi connectivity index (χ1n) is 11.0. The van der Waals surface area contributed by atoms with E-state index in [0.29, 0.717) is 23.2 Å². The van der Waals surface area contributed by atoms with Crippen LogP contribution in [0.3, 0.4) is 0 Å². The van der Waals surface area contributed by atoms with Crippen LogP contribution in [0.15, 0.2) is 48.5 Å². The lowest BCUT2D eigenvalue weighted by atomic mass is 10.0. The maximum atomic E-state index is 13.0. The standard InChI is InChI=1S/C24H32N4O3/c1-30-21-10-11-22(23(17-21)31-2)25-24(29)28-12-6-9-20(18-28)27-15-13-26(14-16-27)19-7-4-3-5-8-19/h3-5,7-8,10-11,17,20H,6,9,12-16,18H2,1-2H3,(H,25,29)/t20-/m1/s1. The number of nitrogens with zero attached hydrogens (tertiary/aromatic N) is 3. The van der Waals surface area contributed by atoms with Gasteiger partial charge in [0.25, 0.3) is 0 Å². The summed E-state index contributed by atoms with van der Waals surface area (Å²) >= 11 is 0. The Bertz CT molecular complexity index is 868. The molecule has 31 heavy (non-hydrogen) atoms. The molecule has 0 bridgehead atoms. The Hall–Kier alpha value is -2.93. The van der Waals surface area contributed by atoms with Crippen molar-refractivity contribution in [2.45, 2.75) is 18.9 Å². The molecule has 2 saturated heterocycles. The van der Waals surface area contributed by atoms with Crippen LogP contribution in [0.25, 0.3) is 0 Å². The molecule has 4 rings (SSSR count). The lowest BCUT2D eigenvalue weighted by molar-refractivity contribution is 0.108. The van der Waals surface area contributed by atoms with Crippen LogP contribution >= 0.6 is 0 Å². The van der Waals surface area contributed by atoms with E-state index in [9.17, 15) is 4.79 Å². The normalized spacial score (nSPS) is 19.7. The molecular weight excluding hydrogens is 392 g/mol. The molecule has 2 aliphatic rings. The van der Waals surface area contributed by atoms with Crippen molar-refractivity contribution < 1.29 is 14.3 Å². The quantitative estimate of drug-likeness (QED) is 0.796. The van der Waals surface area contributed by atoms with Crippen LogP contribution in [0.2, 0.25) is 0 Å². The lowest BCUT2D eigenvalue weighted by Gasteiger charge is -2.43. The molecule has 2 heterocycles. The average molecular weight is 425 g/mol. The molecule has 0 radical (unpaired) electrons. The summed E-state index contributed by atoms with van der Waals surface area (Å²) in [6, 6.07) is 16.4. The van der Waals surface area contributed by atoms with Crippen LogP contribution in [-0.2, 0) is 0 Å². The van der Waals surface area contributed by atoms with Gasteiger partial charge in [0.2, 0.25) is 0 Å². The third-order valence-electron chi connectivity index (χ3n) is 6.29. The highest BCUT2D eigenvalue weighted by Crippen LogP contribution is 2.29. The Morgan fingerprint density at radius 1 is 0.968 bits per heavy atom. The molecule has 1 atom stereocenters. The van der Waals surface area contributed by atoms with Crippen molar-refractivity contribution in [3.63, 3.8) is 0 Å². The van der Waals surface area contributed by atoms with Crippen LogP contribution in [0, 0.1) is 0 Å². The zero-order valence-corrected chi connectivity index (χ0v) is 18.4. The van der Waals surface area contributed by atoms with Crippen molar-refractivity contribution in [1.29, 1.82) is 0 Å². The number of piperazine rings is 1. The number of anilines is 2. The number of methoxy groups -OCH3 is 2. The second kappa shape index (κ2) is 9.92. The van der Waals surface area contributed by atoms with Gasteiger partial charge in [0.05, 0.1) is 19.9 Å². The predicted octanol–water partition coefficient (Wildman–Crippen LogP) is 3.52. The van der Waals surface area contributed by atoms with Crippen molar-refractivity contribution in [2.75, 3.05) is 63.7 Å². The number of benzene rings is 2. The molecule has 0 spiro atoms. The molecule has 166 valence electrons. The molecule has 7 nitrogen and oxygen atoms in total. The number of carbonyl (C=O) groups is 1. The highest BCUT2D eigenvalue weighted by atomic mass is 16.5. The van der Waals surface area contributed by atoms with Gasteiger partial charge in [0.1, 0.15) is 11.5 Å². The molecule has 0 unspecified atom stereocenters. The number of hydrogen-bond donors (Lipinski definition) is 1. The minimum Gasteiger partial charge on any atom is -0.497 e. The van der Waals surface area contributed by atoms with Crippen LogP contribution in [0.1, 0.15) is 12.8 Å². The van der Waals surface area contributed by atoms with Gasteiger partial charge in [-0.15, -0.1) is 0 Å². The topological polar surface area (TPSA) is 57.3 Å². The molecule has 0 saturated carbocycles. The van der Waals surface area contributed by atoms with Gasteiger partial charge in [-0.25, -0.2) is 4.79 Å². The molecular formula is C24H32N4O3. The Balaban J connectivity index is 1.33. The van der Waals surface area contributed by atoms with Crippen LogP contribution in [0.4, 0.5) is 16.2 Å². The first-order chi connectivity index (χ1) is 15.2. The highest BCUT2D eigenvalue weighted by molar-refractivity contribution is 5.91. The second-order valence-corrected chi connectivity index (χ2v) is 8.10. The van der Waals surface area contributed by atoms with Gasteiger partial charge in [-0.1, -0.05) is 18.2 Å². The number of para-hydroxylation sites is 1. The van der Waals surface area contributed by atoms with E-state index >= 15 is 0 Å². The summed E-state index contributed by atoms with van der Waals surface area (Å²) in [6.07, 6.45) is 2.16. The van der Waals surface area contributed by atoms with Gasteiger partial charge < -0.3 is 24.6 Å². The molecule has 2 aromatic carbocycles. The zero-order valence-electron chi connectivity index (χ0n) is 18.4. The maximum absolute atomic E-state index is 13.0. The van der Waals surface area contributed by atoms with Crippen molar-refractivity contribution in [2.24, 2.45) is 0 Å². The number of carbonyl (C=O) groups excluding carboxylic acids is 1. The van der Waals surface area contributed by atoms with E-state index in [0.717, 1.165) is 52.1 Å². The summed E-state index contributed by atoms with van der Waals surface area (Å²) in [6.45, 7) is 5.65. The smallest absolute Gasteiger partial charge is 0.322 e. The van der Waals surface area contributed by atoms with Gasteiger partial charge in [-0.3, -0.25) is 4.90 Å². The van der Waals surface area contributed by atoms with Crippen LogP contribution < -0.4 is 19.7 Å². The van der Waals surface area contributed by atoms with Gasteiger partial charge in [0, 0.05) is 57.1 Å². The summed E-state index contributed by atoms with van der Waals surface area (Å²) in [4.78, 5) is 19.9. The first-order valence-corrected chi connectivity index (χ1v) is 11.0. The zero-order chi connectivity index (χ0) is 21.6. The van der Waals surface area contributed by atoms with Gasteiger partial charge >= 0.3 is 6.03 Å². The third kappa shape index (κ3) is 5.05. The Morgan fingerprint density at radius 3 is 2.45 bits per heavy atom. The second-order valence-electron chi connectivity index (χ2n) is 8.10. The monoisotopic (exact) mass is 424 g/mol. The van der Waals surface area contributed by atoms with Gasteiger partial charge in [0.15, 0.2) is 0 Å². The molecule has 2 aromatic rings. The Kier molecular flexibility index (Phi) is 6.82. The molecule has 0 aromatic heterocycles. The Labute approximate surface area is 184 Å². The molecule has 2 amide bonds. The van der Waals surface area contributed by atoms with Crippen LogP contribution in [0.5, 0.6) is 11.5 Å². The summed E-state index contributed by atoms with van der Waals surface area (Å²) in [5.41, 5.74) is 1.95. The summed E-state index contributed by atoms with van der Waals surface area (Å²) in [5, 5.41) is 3.01. The summed E-state index contributed by atoms with van der Waals surface area (Å²) in [7, 11) is 3.21. The van der Waals surface area contributed by atoms with E-state index in [-0.39, 0.29) is 6.03 Å². The Morgan fingerprint density at radius 2 is 1.74 bits per heavy atom. The van der Waals surface area contributed by atoms with E-state index in [4.69, 9.17) is 9.47 Å². The number of ether oxygens (including phenoxy) is 2. The van der Waals surface area contributed by atoms with Crippen LogP contribution in [-0.4, -0.2) is 75.4 Å². The summed E-state index contributed by atoms with van der Waals surface area (Å²) < 4.78 is 10.7. The fourth-order valence-corrected chi connectivity index (χ4v) is 4.52. The molecule has 7 heteroatoms. The van der Waals surface area contributed by atoms with Crippen molar-refractivity contribution in [1.82, 2.24) is 9.80 Å². The number of amides is 2. The largest absolute Gasteiger partial charge is 0.497 e. The minimum atomic E-state index is -0.0731. The lowest BCUT2D eigenvalue weighted by Crippen LogP contribution is -2.56. The highest BCUT2D eigenvalue weighted by Gasteiger charge is 2.30. The minimum absolute atomic E-state index is 0.0731. The SMILES string of the molecule is COc1ccc(NC(=O)N2CCC[C@@H](N3CCN(c4ccccc4)CC3)C2)c(OC)c1. The van der Waals surface area contributed by atoms with E-state index in [2.05, 4.69) is 45.4 Å². The number of rotatable bonds is 5. The number of likely N-dealkylation sites (tertiary alicyclic amines) is 1. The number of urea groups is 1.